The fourth-order valence-corrected chi connectivity index (χ4v) is 3.41. The van der Waals surface area contributed by atoms with Gasteiger partial charge in [-0.15, -0.1) is 22.7 Å². The Morgan fingerprint density at radius 3 is 1.83 bits per heavy atom. The van der Waals surface area contributed by atoms with Gasteiger partial charge in [-0.2, -0.15) is 0 Å². The lowest BCUT2D eigenvalue weighted by atomic mass is 10.2. The largest absolute Gasteiger partial charge is 0.149 e. The van der Waals surface area contributed by atoms with Gasteiger partial charge in [0.2, 0.25) is 0 Å². The van der Waals surface area contributed by atoms with E-state index in [9.17, 15) is 0 Å². The lowest BCUT2D eigenvalue weighted by Gasteiger charge is -1.95. The molecule has 0 aliphatic heterocycles. The highest BCUT2D eigenvalue weighted by Gasteiger charge is 2.06. The summed E-state index contributed by atoms with van der Waals surface area (Å²) in [6.07, 6.45) is 0. The first-order valence-electron chi connectivity index (χ1n) is 5.90. The van der Waals surface area contributed by atoms with Crippen LogP contribution in [0.4, 0.5) is 0 Å². The number of rotatable bonds is 2. The third-order valence-corrected chi connectivity index (χ3v) is 5.68. The fraction of sp³-hybridized carbons (Fsp3) is 0.429. The van der Waals surface area contributed by atoms with Crippen molar-refractivity contribution < 1.29 is 0 Å². The van der Waals surface area contributed by atoms with E-state index in [1.807, 2.05) is 17.4 Å². The minimum absolute atomic E-state index is 0.523. The molecule has 0 bridgehead atoms. The van der Waals surface area contributed by atoms with E-state index in [1.54, 1.807) is 11.3 Å². The van der Waals surface area contributed by atoms with E-state index in [0.717, 1.165) is 0 Å². The molecule has 0 fully saturated rings. The molecule has 0 N–H and O–H groups in total. The van der Waals surface area contributed by atoms with Crippen LogP contribution in [0.25, 0.3) is 0 Å². The summed E-state index contributed by atoms with van der Waals surface area (Å²) in [6, 6.07) is 6.20. The Kier molecular flexibility index (Phi) is 6.72. The Bertz CT molecular complexity index is 437. The molecule has 0 aliphatic carbocycles. The molecule has 0 saturated heterocycles. The van der Waals surface area contributed by atoms with Crippen LogP contribution < -0.4 is 0 Å². The van der Waals surface area contributed by atoms with E-state index in [0.29, 0.717) is 21.2 Å². The summed E-state index contributed by atoms with van der Waals surface area (Å²) in [4.78, 5) is 2.72. The molecule has 2 aromatic heterocycles. The van der Waals surface area contributed by atoms with Crippen LogP contribution in [0.2, 0.25) is 9.36 Å². The topological polar surface area (TPSA) is 0 Å². The van der Waals surface area contributed by atoms with Crippen molar-refractivity contribution in [3.8, 4) is 0 Å². The van der Waals surface area contributed by atoms with E-state index in [1.165, 1.54) is 9.75 Å². The van der Waals surface area contributed by atoms with Crippen LogP contribution >= 0.6 is 45.9 Å². The van der Waals surface area contributed by atoms with Crippen LogP contribution in [0.3, 0.4) is 0 Å². The van der Waals surface area contributed by atoms with Gasteiger partial charge < -0.3 is 0 Å². The maximum atomic E-state index is 5.76. The van der Waals surface area contributed by atoms with Gasteiger partial charge in [0, 0.05) is 9.75 Å². The van der Waals surface area contributed by atoms with Crippen LogP contribution in [0, 0.1) is 0 Å². The smallest absolute Gasteiger partial charge is 0.112 e. The lowest BCUT2D eigenvalue weighted by molar-refractivity contribution is 0.890. The Morgan fingerprint density at radius 2 is 1.61 bits per heavy atom. The number of hydrogen-bond acceptors (Lipinski definition) is 2. The molecule has 0 radical (unpaired) electrons. The molecule has 2 rings (SSSR count). The van der Waals surface area contributed by atoms with Gasteiger partial charge in [-0.1, -0.05) is 57.0 Å². The molecule has 0 nitrogen and oxygen atoms in total. The average molecular weight is 321 g/mol. The molecular formula is C14H18Cl2S2. The Hall–Kier alpha value is -0.0200. The molecular weight excluding hydrogens is 303 g/mol. The van der Waals surface area contributed by atoms with Crippen molar-refractivity contribution in [1.29, 1.82) is 0 Å². The Labute approximate surface area is 128 Å². The van der Waals surface area contributed by atoms with Crippen LogP contribution in [0.1, 0.15) is 49.3 Å². The summed E-state index contributed by atoms with van der Waals surface area (Å²) >= 11 is 14.9. The zero-order valence-electron chi connectivity index (χ0n) is 11.0. The Balaban J connectivity index is 0.000000184. The minimum Gasteiger partial charge on any atom is -0.149 e. The predicted octanol–water partition coefficient (Wildman–Crippen LogP) is 7.05. The van der Waals surface area contributed by atoms with Gasteiger partial charge in [-0.25, -0.2) is 0 Å². The van der Waals surface area contributed by atoms with E-state index < -0.39 is 0 Å². The molecule has 0 aromatic carbocycles. The second-order valence-corrected chi connectivity index (χ2v) is 7.67. The highest BCUT2D eigenvalue weighted by molar-refractivity contribution is 7.17. The second kappa shape index (κ2) is 7.54. The second-order valence-electron chi connectivity index (χ2n) is 4.60. The zero-order valence-corrected chi connectivity index (χ0v) is 14.2. The SMILES string of the molecule is CC(C)c1cc(Cl)c(Cl)s1.CC(C)c1cccs1. The summed E-state index contributed by atoms with van der Waals surface area (Å²) in [5.74, 6) is 1.23. The van der Waals surface area contributed by atoms with Crippen molar-refractivity contribution in [1.82, 2.24) is 0 Å². The van der Waals surface area contributed by atoms with Gasteiger partial charge in [0.05, 0.1) is 5.02 Å². The van der Waals surface area contributed by atoms with Crippen molar-refractivity contribution in [3.63, 3.8) is 0 Å². The molecule has 0 unspecified atom stereocenters. The number of thiophene rings is 2. The monoisotopic (exact) mass is 320 g/mol. The minimum atomic E-state index is 0.523. The molecule has 0 atom stereocenters. The summed E-state index contributed by atoms with van der Waals surface area (Å²) in [7, 11) is 0. The van der Waals surface area contributed by atoms with Crippen molar-refractivity contribution in [2.24, 2.45) is 0 Å². The van der Waals surface area contributed by atoms with Gasteiger partial charge in [0.15, 0.2) is 0 Å². The molecule has 0 aliphatic rings. The third kappa shape index (κ3) is 4.93. The summed E-state index contributed by atoms with van der Waals surface area (Å²) < 4.78 is 0.699. The van der Waals surface area contributed by atoms with E-state index in [2.05, 4.69) is 45.2 Å². The molecule has 0 amide bonds. The highest BCUT2D eigenvalue weighted by Crippen LogP contribution is 2.35. The van der Waals surface area contributed by atoms with E-state index >= 15 is 0 Å². The van der Waals surface area contributed by atoms with Gasteiger partial charge >= 0.3 is 0 Å². The highest BCUT2D eigenvalue weighted by atomic mass is 35.5. The first-order valence-corrected chi connectivity index (χ1v) is 8.35. The molecule has 0 spiro atoms. The van der Waals surface area contributed by atoms with Crippen LogP contribution in [-0.2, 0) is 0 Å². The first-order chi connectivity index (χ1) is 8.41. The molecule has 4 heteroatoms. The van der Waals surface area contributed by atoms with E-state index in [4.69, 9.17) is 23.2 Å². The van der Waals surface area contributed by atoms with Gasteiger partial charge in [-0.05, 0) is 29.3 Å². The number of hydrogen-bond donors (Lipinski definition) is 0. The zero-order chi connectivity index (χ0) is 13.7. The van der Waals surface area contributed by atoms with Gasteiger partial charge in [-0.3, -0.25) is 0 Å². The lowest BCUT2D eigenvalue weighted by Crippen LogP contribution is -1.77. The van der Waals surface area contributed by atoms with Crippen molar-refractivity contribution in [2.45, 2.75) is 39.5 Å². The van der Waals surface area contributed by atoms with E-state index in [-0.39, 0.29) is 0 Å². The molecule has 2 heterocycles. The van der Waals surface area contributed by atoms with Crippen molar-refractivity contribution >= 4 is 45.9 Å². The third-order valence-electron chi connectivity index (χ3n) is 2.35. The van der Waals surface area contributed by atoms with Crippen LogP contribution in [0.5, 0.6) is 0 Å². The Morgan fingerprint density at radius 1 is 1.00 bits per heavy atom. The molecule has 0 saturated carbocycles. The fourth-order valence-electron chi connectivity index (χ4n) is 1.27. The first kappa shape index (κ1) is 16.0. The van der Waals surface area contributed by atoms with Gasteiger partial charge in [0.25, 0.3) is 0 Å². The number of halogens is 2. The van der Waals surface area contributed by atoms with Gasteiger partial charge in [0.1, 0.15) is 4.34 Å². The maximum Gasteiger partial charge on any atom is 0.112 e. The molecule has 18 heavy (non-hydrogen) atoms. The summed E-state index contributed by atoms with van der Waals surface area (Å²) in [6.45, 7) is 8.68. The summed E-state index contributed by atoms with van der Waals surface area (Å²) in [5.41, 5.74) is 0. The molecule has 2 aromatic rings. The van der Waals surface area contributed by atoms with Crippen LogP contribution in [-0.4, -0.2) is 0 Å². The van der Waals surface area contributed by atoms with Crippen LogP contribution in [0.15, 0.2) is 23.6 Å². The normalized spacial score (nSPS) is 10.7. The predicted molar refractivity (Wildman–Crippen MR) is 86.8 cm³/mol. The maximum absolute atomic E-state index is 5.76. The standard InChI is InChI=1S/C7H8Cl2S.C7H10S/c1-4(2)6-3-5(8)7(9)10-6;1-6(2)7-4-3-5-8-7/h3-4H,1-2H3;3-6H,1-2H3. The van der Waals surface area contributed by atoms with Crippen molar-refractivity contribution in [3.05, 3.63) is 42.7 Å². The average Bonchev–Trinajstić information content (AvgIpc) is 2.90. The summed E-state index contributed by atoms with van der Waals surface area (Å²) in [5, 5.41) is 2.80. The molecule has 100 valence electrons. The van der Waals surface area contributed by atoms with Crippen molar-refractivity contribution in [2.75, 3.05) is 0 Å². The quantitative estimate of drug-likeness (QED) is 0.556.